The predicted octanol–water partition coefficient (Wildman–Crippen LogP) is 1.06. The summed E-state index contributed by atoms with van der Waals surface area (Å²) >= 11 is 0. The SMILES string of the molecule is CC(Cc1ccco1)N1CC(n2cc(C(=O)O)nn2)C1. The molecule has 0 spiro atoms. The van der Waals surface area contributed by atoms with Crippen LogP contribution in [-0.2, 0) is 6.42 Å². The summed E-state index contributed by atoms with van der Waals surface area (Å²) in [4.78, 5) is 13.1. The van der Waals surface area contributed by atoms with Gasteiger partial charge in [-0.15, -0.1) is 5.10 Å². The molecule has 1 atom stereocenters. The number of nitrogens with zero attached hydrogens (tertiary/aromatic N) is 4. The number of carbonyl (C=O) groups is 1. The number of furan rings is 1. The summed E-state index contributed by atoms with van der Waals surface area (Å²) in [7, 11) is 0. The highest BCUT2D eigenvalue weighted by molar-refractivity contribution is 5.84. The Morgan fingerprint density at radius 1 is 1.60 bits per heavy atom. The minimum Gasteiger partial charge on any atom is -0.476 e. The van der Waals surface area contributed by atoms with E-state index in [1.807, 2.05) is 12.1 Å². The van der Waals surface area contributed by atoms with Gasteiger partial charge in [0.1, 0.15) is 5.76 Å². The highest BCUT2D eigenvalue weighted by Crippen LogP contribution is 2.24. The molecule has 7 heteroatoms. The number of hydrogen-bond acceptors (Lipinski definition) is 5. The van der Waals surface area contributed by atoms with Gasteiger partial charge in [0.25, 0.3) is 0 Å². The van der Waals surface area contributed by atoms with Crippen LogP contribution < -0.4 is 0 Å². The quantitative estimate of drug-likeness (QED) is 0.879. The van der Waals surface area contributed by atoms with Crippen molar-refractivity contribution in [3.8, 4) is 0 Å². The van der Waals surface area contributed by atoms with Crippen LogP contribution in [0.5, 0.6) is 0 Å². The first-order valence-electron chi connectivity index (χ1n) is 6.55. The van der Waals surface area contributed by atoms with Crippen LogP contribution in [-0.4, -0.2) is 50.1 Å². The molecule has 2 aromatic rings. The lowest BCUT2D eigenvalue weighted by Crippen LogP contribution is -2.52. The number of likely N-dealkylation sites (tertiary alicyclic amines) is 1. The number of aromatic carboxylic acids is 1. The van der Waals surface area contributed by atoms with E-state index < -0.39 is 5.97 Å². The second-order valence-corrected chi connectivity index (χ2v) is 5.13. The molecule has 1 unspecified atom stereocenters. The fraction of sp³-hybridized carbons (Fsp3) is 0.462. The number of hydrogen-bond donors (Lipinski definition) is 1. The summed E-state index contributed by atoms with van der Waals surface area (Å²) in [5.41, 5.74) is -0.00733. The van der Waals surface area contributed by atoms with Gasteiger partial charge in [-0.05, 0) is 19.1 Å². The molecule has 2 aromatic heterocycles. The van der Waals surface area contributed by atoms with Gasteiger partial charge in [0.15, 0.2) is 5.69 Å². The average Bonchev–Trinajstić information content (AvgIpc) is 2.97. The van der Waals surface area contributed by atoms with E-state index in [-0.39, 0.29) is 11.7 Å². The first kappa shape index (κ1) is 12.9. The Balaban J connectivity index is 1.53. The third-order valence-electron chi connectivity index (χ3n) is 3.69. The molecular weight excluding hydrogens is 260 g/mol. The second-order valence-electron chi connectivity index (χ2n) is 5.13. The van der Waals surface area contributed by atoms with E-state index in [1.165, 1.54) is 6.20 Å². The fourth-order valence-corrected chi connectivity index (χ4v) is 2.42. The minimum absolute atomic E-state index is 0.00733. The largest absolute Gasteiger partial charge is 0.476 e. The van der Waals surface area contributed by atoms with Gasteiger partial charge in [0, 0.05) is 25.6 Å². The van der Waals surface area contributed by atoms with Crippen LogP contribution in [0, 0.1) is 0 Å². The maximum Gasteiger partial charge on any atom is 0.358 e. The zero-order valence-electron chi connectivity index (χ0n) is 11.1. The molecule has 0 saturated carbocycles. The molecule has 0 amide bonds. The van der Waals surface area contributed by atoms with E-state index in [0.29, 0.717) is 6.04 Å². The summed E-state index contributed by atoms with van der Waals surface area (Å²) < 4.78 is 6.98. The monoisotopic (exact) mass is 276 g/mol. The standard InChI is InChI=1S/C13H16N4O3/c1-9(5-11-3-2-4-20-11)16-6-10(7-16)17-8-12(13(18)19)14-15-17/h2-4,8-10H,5-7H2,1H3,(H,18,19). The Morgan fingerprint density at radius 3 is 3.00 bits per heavy atom. The van der Waals surface area contributed by atoms with Gasteiger partial charge >= 0.3 is 5.97 Å². The Morgan fingerprint density at radius 2 is 2.40 bits per heavy atom. The normalized spacial score (nSPS) is 17.9. The van der Waals surface area contributed by atoms with Gasteiger partial charge < -0.3 is 9.52 Å². The van der Waals surface area contributed by atoms with Crippen LogP contribution in [0.15, 0.2) is 29.0 Å². The van der Waals surface area contributed by atoms with Gasteiger partial charge in [0.2, 0.25) is 0 Å². The van der Waals surface area contributed by atoms with Crippen molar-refractivity contribution in [1.82, 2.24) is 19.9 Å². The third-order valence-corrected chi connectivity index (χ3v) is 3.69. The number of rotatable bonds is 5. The Kier molecular flexibility index (Phi) is 3.27. The Hall–Kier alpha value is -2.15. The molecule has 0 aromatic carbocycles. The summed E-state index contributed by atoms with van der Waals surface area (Å²) in [5, 5.41) is 16.3. The first-order chi connectivity index (χ1) is 9.63. The first-order valence-corrected chi connectivity index (χ1v) is 6.55. The van der Waals surface area contributed by atoms with E-state index in [9.17, 15) is 4.79 Å². The molecule has 0 bridgehead atoms. The van der Waals surface area contributed by atoms with Crippen molar-refractivity contribution in [1.29, 1.82) is 0 Å². The molecule has 3 heterocycles. The molecule has 3 rings (SSSR count). The van der Waals surface area contributed by atoms with Crippen LogP contribution in [0.2, 0.25) is 0 Å². The minimum atomic E-state index is -1.04. The van der Waals surface area contributed by atoms with Gasteiger partial charge in [-0.25, -0.2) is 9.48 Å². The lowest BCUT2D eigenvalue weighted by atomic mass is 10.0. The van der Waals surface area contributed by atoms with Crippen LogP contribution >= 0.6 is 0 Å². The molecular formula is C13H16N4O3. The fourth-order valence-electron chi connectivity index (χ4n) is 2.42. The van der Waals surface area contributed by atoms with E-state index in [2.05, 4.69) is 22.1 Å². The van der Waals surface area contributed by atoms with Crippen LogP contribution in [0.4, 0.5) is 0 Å². The molecule has 0 radical (unpaired) electrons. The molecule has 20 heavy (non-hydrogen) atoms. The van der Waals surface area contributed by atoms with Crippen LogP contribution in [0.25, 0.3) is 0 Å². The number of carboxylic acids is 1. The van der Waals surface area contributed by atoms with E-state index in [1.54, 1.807) is 10.9 Å². The number of carboxylic acid groups (broad SMARTS) is 1. The van der Waals surface area contributed by atoms with Crippen molar-refractivity contribution in [3.63, 3.8) is 0 Å². The van der Waals surface area contributed by atoms with E-state index >= 15 is 0 Å². The molecule has 1 aliphatic heterocycles. The summed E-state index contributed by atoms with van der Waals surface area (Å²) in [6, 6.07) is 4.46. The van der Waals surface area contributed by atoms with Gasteiger partial charge in [-0.2, -0.15) is 0 Å². The van der Waals surface area contributed by atoms with E-state index in [4.69, 9.17) is 9.52 Å². The van der Waals surface area contributed by atoms with Crippen LogP contribution in [0.3, 0.4) is 0 Å². The zero-order valence-corrected chi connectivity index (χ0v) is 11.1. The molecule has 7 nitrogen and oxygen atoms in total. The van der Waals surface area contributed by atoms with Crippen molar-refractivity contribution in [2.75, 3.05) is 13.1 Å². The van der Waals surface area contributed by atoms with Gasteiger partial charge in [0.05, 0.1) is 18.5 Å². The zero-order chi connectivity index (χ0) is 14.1. The third kappa shape index (κ3) is 2.44. The van der Waals surface area contributed by atoms with Crippen LogP contribution in [0.1, 0.15) is 29.2 Å². The van der Waals surface area contributed by atoms with Gasteiger partial charge in [-0.3, -0.25) is 4.90 Å². The summed E-state index contributed by atoms with van der Waals surface area (Å²) in [6.07, 6.45) is 4.04. The second kappa shape index (κ2) is 5.09. The van der Waals surface area contributed by atoms with E-state index in [0.717, 1.165) is 25.3 Å². The Bertz CT molecular complexity index is 587. The topological polar surface area (TPSA) is 84.4 Å². The molecule has 106 valence electrons. The van der Waals surface area contributed by atoms with Crippen molar-refractivity contribution in [3.05, 3.63) is 36.0 Å². The predicted molar refractivity (Wildman–Crippen MR) is 69.5 cm³/mol. The van der Waals surface area contributed by atoms with Crippen molar-refractivity contribution < 1.29 is 14.3 Å². The molecule has 1 saturated heterocycles. The highest BCUT2D eigenvalue weighted by atomic mass is 16.4. The molecule has 1 aliphatic rings. The van der Waals surface area contributed by atoms with Crippen molar-refractivity contribution >= 4 is 5.97 Å². The molecule has 0 aliphatic carbocycles. The smallest absolute Gasteiger partial charge is 0.358 e. The number of aromatic nitrogens is 3. The summed E-state index contributed by atoms with van der Waals surface area (Å²) in [5.74, 6) is -0.0616. The maximum absolute atomic E-state index is 10.8. The maximum atomic E-state index is 10.8. The van der Waals surface area contributed by atoms with Crippen molar-refractivity contribution in [2.45, 2.75) is 25.4 Å². The lowest BCUT2D eigenvalue weighted by molar-refractivity contribution is 0.0570. The molecule has 1 fully saturated rings. The average molecular weight is 276 g/mol. The lowest BCUT2D eigenvalue weighted by Gasteiger charge is -2.42. The van der Waals surface area contributed by atoms with Gasteiger partial charge in [-0.1, -0.05) is 5.21 Å². The Labute approximate surface area is 115 Å². The van der Waals surface area contributed by atoms with Crippen molar-refractivity contribution in [2.24, 2.45) is 0 Å². The highest BCUT2D eigenvalue weighted by Gasteiger charge is 2.33. The molecule has 1 N–H and O–H groups in total. The summed E-state index contributed by atoms with van der Waals surface area (Å²) in [6.45, 7) is 3.86.